The van der Waals surface area contributed by atoms with Gasteiger partial charge in [0.1, 0.15) is 17.5 Å². The fourth-order valence-electron chi connectivity index (χ4n) is 3.00. The summed E-state index contributed by atoms with van der Waals surface area (Å²) in [7, 11) is 0. The van der Waals surface area contributed by atoms with Crippen LogP contribution in [0.4, 0.5) is 5.69 Å². The first-order valence-electron chi connectivity index (χ1n) is 7.89. The van der Waals surface area contributed by atoms with E-state index in [9.17, 15) is 5.11 Å². The second-order valence-corrected chi connectivity index (χ2v) is 7.31. The summed E-state index contributed by atoms with van der Waals surface area (Å²) in [6.45, 7) is 10.9. The second kappa shape index (κ2) is 5.73. The third-order valence-corrected chi connectivity index (χ3v) is 5.19. The van der Waals surface area contributed by atoms with E-state index in [1.807, 2.05) is 38.1 Å². The van der Waals surface area contributed by atoms with Crippen molar-refractivity contribution in [2.75, 3.05) is 0 Å². The van der Waals surface area contributed by atoms with Crippen LogP contribution in [-0.2, 0) is 0 Å². The van der Waals surface area contributed by atoms with E-state index >= 15 is 0 Å². The molecule has 0 saturated heterocycles. The van der Waals surface area contributed by atoms with Gasteiger partial charge in [-0.05, 0) is 49.6 Å². The van der Waals surface area contributed by atoms with Crippen molar-refractivity contribution >= 4 is 27.3 Å². The van der Waals surface area contributed by atoms with Gasteiger partial charge in [-0.25, -0.2) is 4.85 Å². The zero-order valence-corrected chi connectivity index (χ0v) is 14.6. The number of rotatable bonds is 2. The lowest BCUT2D eigenvalue weighted by Gasteiger charge is -2.41. The van der Waals surface area contributed by atoms with Gasteiger partial charge < -0.3 is 14.6 Å². The van der Waals surface area contributed by atoms with Crippen LogP contribution in [0.25, 0.3) is 14.9 Å². The van der Waals surface area contributed by atoms with Crippen LogP contribution in [0.1, 0.15) is 25.5 Å². The van der Waals surface area contributed by atoms with Gasteiger partial charge in [-0.15, -0.1) is 0 Å². The highest BCUT2D eigenvalue weighted by Crippen LogP contribution is 2.44. The van der Waals surface area contributed by atoms with Crippen LogP contribution in [-0.4, -0.2) is 21.2 Å². The molecule has 0 spiro atoms. The summed E-state index contributed by atoms with van der Waals surface area (Å²) < 4.78 is 17.5. The molecule has 0 fully saturated rings. The first-order chi connectivity index (χ1) is 12.0. The van der Waals surface area contributed by atoms with E-state index in [0.29, 0.717) is 22.9 Å². The molecule has 0 bridgehead atoms. The van der Waals surface area contributed by atoms with Crippen LogP contribution in [0.15, 0.2) is 42.5 Å². The Morgan fingerprint density at radius 1 is 1.28 bits per heavy atom. The Morgan fingerprint density at radius 2 is 2.08 bits per heavy atom. The van der Waals surface area contributed by atoms with Gasteiger partial charge >= 0.3 is 0 Å². The molecule has 2 atom stereocenters. The maximum Gasteiger partial charge on any atom is 0.233 e. The highest BCUT2D eigenvalue weighted by atomic mass is 32.1. The molecule has 1 N–H and O–H groups in total. The van der Waals surface area contributed by atoms with Crippen molar-refractivity contribution in [1.29, 1.82) is 0 Å². The van der Waals surface area contributed by atoms with Gasteiger partial charge in [0, 0.05) is 5.56 Å². The molecule has 25 heavy (non-hydrogen) atoms. The maximum absolute atomic E-state index is 10.8. The van der Waals surface area contributed by atoms with Crippen molar-refractivity contribution in [2.24, 2.45) is 0 Å². The SMILES string of the molecule is [C-]#[N+]c1ccc2c(c1)[C@@H](Oc1nsc3ccccc13)[C@H](O)C(C)(C)O2. The minimum absolute atomic E-state index is 0.478. The van der Waals surface area contributed by atoms with Gasteiger partial charge in [0.05, 0.1) is 16.7 Å². The molecule has 0 amide bonds. The van der Waals surface area contributed by atoms with Crippen LogP contribution in [0.5, 0.6) is 11.6 Å². The minimum Gasteiger partial charge on any atom is -0.485 e. The van der Waals surface area contributed by atoms with E-state index in [1.54, 1.807) is 18.2 Å². The fourth-order valence-corrected chi connectivity index (χ4v) is 3.71. The fraction of sp³-hybridized carbons (Fsp3) is 0.263. The van der Waals surface area contributed by atoms with E-state index in [1.165, 1.54) is 11.5 Å². The van der Waals surface area contributed by atoms with E-state index in [-0.39, 0.29) is 0 Å². The largest absolute Gasteiger partial charge is 0.485 e. The Kier molecular flexibility index (Phi) is 3.64. The third-order valence-electron chi connectivity index (χ3n) is 4.38. The average Bonchev–Trinajstić information content (AvgIpc) is 3.01. The van der Waals surface area contributed by atoms with Crippen molar-refractivity contribution in [3.05, 3.63) is 59.4 Å². The third kappa shape index (κ3) is 2.62. The van der Waals surface area contributed by atoms with Crippen LogP contribution in [0, 0.1) is 6.57 Å². The van der Waals surface area contributed by atoms with Crippen molar-refractivity contribution in [1.82, 2.24) is 4.37 Å². The van der Waals surface area contributed by atoms with Gasteiger partial charge in [-0.2, -0.15) is 4.37 Å². The molecule has 0 saturated carbocycles. The lowest BCUT2D eigenvalue weighted by Crippen LogP contribution is -2.50. The van der Waals surface area contributed by atoms with Crippen molar-refractivity contribution < 1.29 is 14.6 Å². The van der Waals surface area contributed by atoms with E-state index < -0.39 is 17.8 Å². The molecule has 0 unspecified atom stereocenters. The summed E-state index contributed by atoms with van der Waals surface area (Å²) in [5.41, 5.74) is 0.326. The van der Waals surface area contributed by atoms with Crippen molar-refractivity contribution in [3.8, 4) is 11.6 Å². The molecule has 2 aromatic carbocycles. The highest BCUT2D eigenvalue weighted by Gasteiger charge is 2.44. The Labute approximate surface area is 149 Å². The molecule has 0 aliphatic carbocycles. The number of nitrogens with zero attached hydrogens (tertiary/aromatic N) is 2. The molecule has 126 valence electrons. The Hall–Kier alpha value is -2.62. The zero-order valence-electron chi connectivity index (χ0n) is 13.8. The first-order valence-corrected chi connectivity index (χ1v) is 8.66. The van der Waals surface area contributed by atoms with Gasteiger partial charge in [-0.1, -0.05) is 18.2 Å². The molecule has 1 aromatic heterocycles. The summed E-state index contributed by atoms with van der Waals surface area (Å²) in [5, 5.41) is 11.7. The van der Waals surface area contributed by atoms with Crippen LogP contribution in [0.2, 0.25) is 0 Å². The lowest BCUT2D eigenvalue weighted by atomic mass is 9.88. The monoisotopic (exact) mass is 352 g/mol. The molecule has 3 aromatic rings. The number of aromatic nitrogens is 1. The van der Waals surface area contributed by atoms with Gasteiger partial charge in [0.25, 0.3) is 0 Å². The number of aliphatic hydroxyl groups is 1. The van der Waals surface area contributed by atoms with Gasteiger partial charge in [0.2, 0.25) is 5.88 Å². The molecular weight excluding hydrogens is 336 g/mol. The van der Waals surface area contributed by atoms with Crippen molar-refractivity contribution in [3.63, 3.8) is 0 Å². The molecule has 1 aliphatic heterocycles. The van der Waals surface area contributed by atoms with E-state index in [0.717, 1.165) is 10.1 Å². The number of aliphatic hydroxyl groups excluding tert-OH is 1. The van der Waals surface area contributed by atoms with Crippen LogP contribution >= 0.6 is 11.5 Å². The summed E-state index contributed by atoms with van der Waals surface area (Å²) in [6.07, 6.45) is -1.56. The normalized spacial score (nSPS) is 21.2. The predicted molar refractivity (Wildman–Crippen MR) is 96.4 cm³/mol. The summed E-state index contributed by atoms with van der Waals surface area (Å²) in [5.74, 6) is 1.11. The van der Waals surface area contributed by atoms with E-state index in [4.69, 9.17) is 16.0 Å². The number of benzene rings is 2. The Morgan fingerprint density at radius 3 is 2.88 bits per heavy atom. The minimum atomic E-state index is -0.901. The molecule has 0 radical (unpaired) electrons. The molecular formula is C19H16N2O3S. The smallest absolute Gasteiger partial charge is 0.233 e. The average molecular weight is 352 g/mol. The summed E-state index contributed by atoms with van der Waals surface area (Å²) in [6, 6.07) is 13.0. The number of hydrogen-bond donors (Lipinski definition) is 1. The summed E-state index contributed by atoms with van der Waals surface area (Å²) >= 11 is 1.36. The molecule has 1 aliphatic rings. The highest BCUT2D eigenvalue weighted by molar-refractivity contribution is 7.13. The Bertz CT molecular complexity index is 990. The summed E-state index contributed by atoms with van der Waals surface area (Å²) in [4.78, 5) is 3.47. The number of hydrogen-bond acceptors (Lipinski definition) is 5. The molecule has 6 heteroatoms. The number of ether oxygens (including phenoxy) is 2. The van der Waals surface area contributed by atoms with Gasteiger partial charge in [-0.3, -0.25) is 0 Å². The second-order valence-electron chi connectivity index (χ2n) is 6.51. The lowest BCUT2D eigenvalue weighted by molar-refractivity contribution is -0.103. The van der Waals surface area contributed by atoms with Crippen LogP contribution in [0.3, 0.4) is 0 Å². The first kappa shape index (κ1) is 15.9. The topological polar surface area (TPSA) is 55.9 Å². The Balaban J connectivity index is 1.81. The molecule has 4 rings (SSSR count). The molecule has 5 nitrogen and oxygen atoms in total. The van der Waals surface area contributed by atoms with Crippen LogP contribution < -0.4 is 9.47 Å². The van der Waals surface area contributed by atoms with Gasteiger partial charge in [0.15, 0.2) is 11.8 Å². The zero-order chi connectivity index (χ0) is 17.6. The molecule has 2 heterocycles. The quantitative estimate of drug-likeness (QED) is 0.690. The standard InChI is InChI=1S/C19H16N2O3S/c1-19(2)17(22)16(13-10-11(20-3)8-9-14(13)24-19)23-18-12-6-4-5-7-15(12)25-21-18/h4-10,16-17,22H,1-2H3/t16-,17+/m1/s1. The van der Waals surface area contributed by atoms with E-state index in [2.05, 4.69) is 9.22 Å². The maximum atomic E-state index is 10.8. The predicted octanol–water partition coefficient (Wildman–Crippen LogP) is 4.50. The van der Waals surface area contributed by atoms with Crippen molar-refractivity contribution in [2.45, 2.75) is 31.7 Å². The number of fused-ring (bicyclic) bond motifs is 2.